The number of hydrazone groups is 1. The van der Waals surface area contributed by atoms with Crippen LogP contribution in [0.5, 0.6) is 5.75 Å². The Labute approximate surface area is 221 Å². The molecule has 0 aliphatic rings. The fraction of sp³-hybridized carbons (Fsp3) is 0.406. The predicted octanol–water partition coefficient (Wildman–Crippen LogP) is 8.21. The van der Waals surface area contributed by atoms with Crippen molar-refractivity contribution in [2.75, 3.05) is 0 Å². The standard InChI is InChI=1S/C32H40N2O3/c1-2-3-4-5-6-7-8-9-10-11-15-22-31(35)34-33-25-29-28-21-17-16-18-26(28)23-24-30(29)37-32(36)27-19-13-12-14-20-27/h12-14,16-21,23-25H,2-11,15,22H2,1H3,(H,34,35)/b33-25+. The lowest BCUT2D eigenvalue weighted by Crippen LogP contribution is -2.17. The summed E-state index contributed by atoms with van der Waals surface area (Å²) in [6, 6.07) is 20.4. The smallest absolute Gasteiger partial charge is 0.343 e. The summed E-state index contributed by atoms with van der Waals surface area (Å²) >= 11 is 0. The molecule has 0 radical (unpaired) electrons. The number of nitrogens with zero attached hydrogens (tertiary/aromatic N) is 1. The summed E-state index contributed by atoms with van der Waals surface area (Å²) < 4.78 is 5.70. The van der Waals surface area contributed by atoms with Gasteiger partial charge < -0.3 is 4.74 Å². The van der Waals surface area contributed by atoms with E-state index in [9.17, 15) is 9.59 Å². The van der Waals surface area contributed by atoms with Crippen molar-refractivity contribution >= 4 is 28.9 Å². The summed E-state index contributed by atoms with van der Waals surface area (Å²) in [4.78, 5) is 24.9. The zero-order valence-electron chi connectivity index (χ0n) is 22.1. The van der Waals surface area contributed by atoms with Crippen LogP contribution >= 0.6 is 0 Å². The molecule has 5 heteroatoms. The summed E-state index contributed by atoms with van der Waals surface area (Å²) in [6.45, 7) is 2.25. The van der Waals surface area contributed by atoms with Gasteiger partial charge >= 0.3 is 5.97 Å². The first-order valence-corrected chi connectivity index (χ1v) is 13.8. The fourth-order valence-corrected chi connectivity index (χ4v) is 4.41. The second-order valence-electron chi connectivity index (χ2n) is 9.53. The number of nitrogens with one attached hydrogen (secondary N) is 1. The average molecular weight is 501 g/mol. The highest BCUT2D eigenvalue weighted by molar-refractivity contribution is 6.04. The number of carbonyl (C=O) groups excluding carboxylic acids is 2. The number of ether oxygens (including phenoxy) is 1. The molecule has 0 spiro atoms. The lowest BCUT2D eigenvalue weighted by molar-refractivity contribution is -0.121. The van der Waals surface area contributed by atoms with Gasteiger partial charge in [-0.2, -0.15) is 5.10 Å². The van der Waals surface area contributed by atoms with Crippen molar-refractivity contribution in [2.24, 2.45) is 5.10 Å². The Balaban J connectivity index is 1.46. The SMILES string of the molecule is CCCCCCCCCCCCCC(=O)N/N=C/c1c(OC(=O)c2ccccc2)ccc2ccccc12. The molecular weight excluding hydrogens is 460 g/mol. The highest BCUT2D eigenvalue weighted by atomic mass is 16.5. The summed E-state index contributed by atoms with van der Waals surface area (Å²) in [5, 5.41) is 6.08. The van der Waals surface area contributed by atoms with Crippen LogP contribution in [-0.4, -0.2) is 18.1 Å². The van der Waals surface area contributed by atoms with E-state index in [4.69, 9.17) is 4.74 Å². The van der Waals surface area contributed by atoms with Crippen molar-refractivity contribution in [3.8, 4) is 5.75 Å². The fourth-order valence-electron chi connectivity index (χ4n) is 4.41. The molecule has 5 nitrogen and oxygen atoms in total. The molecule has 1 amide bonds. The van der Waals surface area contributed by atoms with Crippen molar-refractivity contribution in [3.63, 3.8) is 0 Å². The van der Waals surface area contributed by atoms with Crippen LogP contribution in [0.25, 0.3) is 10.8 Å². The number of amides is 1. The number of benzene rings is 3. The van der Waals surface area contributed by atoms with Gasteiger partial charge in [0.1, 0.15) is 5.75 Å². The lowest BCUT2D eigenvalue weighted by Gasteiger charge is -2.10. The lowest BCUT2D eigenvalue weighted by atomic mass is 10.0. The van der Waals surface area contributed by atoms with Crippen LogP contribution in [0.4, 0.5) is 0 Å². The molecule has 0 aliphatic heterocycles. The third-order valence-electron chi connectivity index (χ3n) is 6.53. The molecule has 0 saturated carbocycles. The first-order chi connectivity index (χ1) is 18.2. The van der Waals surface area contributed by atoms with Crippen molar-refractivity contribution in [1.82, 2.24) is 5.43 Å². The molecule has 3 rings (SSSR count). The Bertz CT molecular complexity index is 1140. The molecule has 37 heavy (non-hydrogen) atoms. The van der Waals surface area contributed by atoms with Crippen LogP contribution in [0.1, 0.15) is 99.9 Å². The molecule has 3 aromatic carbocycles. The molecule has 0 atom stereocenters. The van der Waals surface area contributed by atoms with E-state index in [1.165, 1.54) is 57.8 Å². The molecule has 196 valence electrons. The van der Waals surface area contributed by atoms with Crippen LogP contribution in [0.3, 0.4) is 0 Å². The third kappa shape index (κ3) is 9.83. The van der Waals surface area contributed by atoms with Crippen LogP contribution < -0.4 is 10.2 Å². The van der Waals surface area contributed by atoms with Crippen LogP contribution in [-0.2, 0) is 4.79 Å². The van der Waals surface area contributed by atoms with E-state index >= 15 is 0 Å². The van der Waals surface area contributed by atoms with E-state index < -0.39 is 5.97 Å². The monoisotopic (exact) mass is 500 g/mol. The van der Waals surface area contributed by atoms with Crippen molar-refractivity contribution in [1.29, 1.82) is 0 Å². The maximum Gasteiger partial charge on any atom is 0.343 e. The summed E-state index contributed by atoms with van der Waals surface area (Å²) in [6.07, 6.45) is 15.8. The maximum atomic E-state index is 12.6. The molecule has 0 bridgehead atoms. The van der Waals surface area contributed by atoms with E-state index in [-0.39, 0.29) is 5.91 Å². The first-order valence-electron chi connectivity index (χ1n) is 13.8. The molecule has 1 N–H and O–H groups in total. The average Bonchev–Trinajstić information content (AvgIpc) is 2.93. The Hall–Kier alpha value is -3.47. The largest absolute Gasteiger partial charge is 0.422 e. The van der Waals surface area contributed by atoms with Crippen LogP contribution in [0.15, 0.2) is 71.8 Å². The summed E-state index contributed by atoms with van der Waals surface area (Å²) in [5.41, 5.74) is 3.76. The number of esters is 1. The number of fused-ring (bicyclic) bond motifs is 1. The van der Waals surface area contributed by atoms with Crippen molar-refractivity contribution < 1.29 is 14.3 Å². The quantitative estimate of drug-likeness (QED) is 0.0708. The van der Waals surface area contributed by atoms with Gasteiger partial charge in [0.2, 0.25) is 5.91 Å². The molecule has 0 aromatic heterocycles. The second-order valence-corrected chi connectivity index (χ2v) is 9.53. The Morgan fingerprint density at radius 1 is 0.757 bits per heavy atom. The van der Waals surface area contributed by atoms with Gasteiger partial charge in [-0.3, -0.25) is 4.79 Å². The number of carbonyl (C=O) groups is 2. The number of hydrogen-bond donors (Lipinski definition) is 1. The topological polar surface area (TPSA) is 67.8 Å². The van der Waals surface area contributed by atoms with Crippen LogP contribution in [0.2, 0.25) is 0 Å². The minimum absolute atomic E-state index is 0.102. The van der Waals surface area contributed by atoms with Crippen LogP contribution in [0, 0.1) is 0 Å². The molecule has 0 unspecified atom stereocenters. The molecule has 3 aromatic rings. The maximum absolute atomic E-state index is 12.6. The molecule has 0 heterocycles. The summed E-state index contributed by atoms with van der Waals surface area (Å²) in [7, 11) is 0. The normalized spacial score (nSPS) is 11.2. The van der Waals surface area contributed by atoms with E-state index in [1.54, 1.807) is 36.5 Å². The second kappa shape index (κ2) is 16.3. The van der Waals surface area contributed by atoms with Gasteiger partial charge in [0.25, 0.3) is 0 Å². The summed E-state index contributed by atoms with van der Waals surface area (Å²) in [5.74, 6) is -0.141. The third-order valence-corrected chi connectivity index (χ3v) is 6.53. The zero-order chi connectivity index (χ0) is 26.1. The molecule has 0 saturated heterocycles. The van der Waals surface area contributed by atoms with Crippen molar-refractivity contribution in [2.45, 2.75) is 84.0 Å². The highest BCUT2D eigenvalue weighted by Gasteiger charge is 2.13. The minimum atomic E-state index is -0.439. The number of hydrogen-bond acceptors (Lipinski definition) is 4. The Morgan fingerprint density at radius 3 is 2.08 bits per heavy atom. The first kappa shape index (κ1) is 28.1. The van der Waals surface area contributed by atoms with Gasteiger partial charge in [0.05, 0.1) is 11.8 Å². The van der Waals surface area contributed by atoms with Gasteiger partial charge in [-0.25, -0.2) is 10.2 Å². The number of unbranched alkanes of at least 4 members (excludes halogenated alkanes) is 10. The zero-order valence-corrected chi connectivity index (χ0v) is 22.1. The predicted molar refractivity (Wildman–Crippen MR) is 152 cm³/mol. The van der Waals surface area contributed by atoms with Gasteiger partial charge in [0.15, 0.2) is 0 Å². The Kier molecular flexibility index (Phi) is 12.4. The van der Waals surface area contributed by atoms with E-state index in [2.05, 4.69) is 17.5 Å². The van der Waals surface area contributed by atoms with Gasteiger partial charge in [-0.1, -0.05) is 120 Å². The van der Waals surface area contributed by atoms with E-state index in [0.717, 1.165) is 23.6 Å². The van der Waals surface area contributed by atoms with E-state index in [1.807, 2.05) is 36.4 Å². The molecular formula is C32H40N2O3. The molecule has 0 aliphatic carbocycles. The molecule has 0 fully saturated rings. The van der Waals surface area contributed by atoms with Gasteiger partial charge in [0, 0.05) is 12.0 Å². The van der Waals surface area contributed by atoms with Crippen molar-refractivity contribution in [3.05, 3.63) is 77.9 Å². The van der Waals surface area contributed by atoms with E-state index in [0.29, 0.717) is 23.3 Å². The van der Waals surface area contributed by atoms with Gasteiger partial charge in [-0.15, -0.1) is 0 Å². The minimum Gasteiger partial charge on any atom is -0.422 e. The van der Waals surface area contributed by atoms with Gasteiger partial charge in [-0.05, 0) is 35.4 Å². The Morgan fingerprint density at radius 2 is 1.38 bits per heavy atom. The number of rotatable bonds is 16. The highest BCUT2D eigenvalue weighted by Crippen LogP contribution is 2.27.